The molecular formula is C16H16ClN3O3S. The van der Waals surface area contributed by atoms with E-state index in [1.165, 1.54) is 12.1 Å². The van der Waals surface area contributed by atoms with Gasteiger partial charge in [0.15, 0.2) is 5.11 Å². The van der Waals surface area contributed by atoms with Crippen molar-refractivity contribution in [1.29, 1.82) is 0 Å². The van der Waals surface area contributed by atoms with Gasteiger partial charge in [0, 0.05) is 29.9 Å². The minimum absolute atomic E-state index is 0.0381. The summed E-state index contributed by atoms with van der Waals surface area (Å²) in [4.78, 5) is 12.0. The fraction of sp³-hybridized carbons (Fsp3) is 0.188. The summed E-state index contributed by atoms with van der Waals surface area (Å²) in [5, 5.41) is 14.8. The highest BCUT2D eigenvalue weighted by molar-refractivity contribution is 7.80. The Kier molecular flexibility index (Phi) is 6.34. The topological polar surface area (TPSA) is 67.6 Å². The molecule has 2 aromatic carbocycles. The largest absolute Gasteiger partial charge is 0.492 e. The van der Waals surface area contributed by atoms with Gasteiger partial charge < -0.3 is 15.0 Å². The molecule has 2 rings (SSSR count). The summed E-state index contributed by atoms with van der Waals surface area (Å²) < 4.78 is 5.61. The standard InChI is InChI=1S/C16H16ClN3O3S/c1-19(10-11-23-15-8-2-12(17)3-9-15)16(24)18-13-4-6-14(7-5-13)20(21)22/h2-9H,10-11H2,1H3,(H,18,24). The molecule has 0 saturated carbocycles. The number of non-ortho nitro benzene ring substituents is 1. The average Bonchev–Trinajstić information content (AvgIpc) is 2.57. The molecule has 0 radical (unpaired) electrons. The first-order valence-electron chi connectivity index (χ1n) is 7.10. The Morgan fingerprint density at radius 3 is 2.46 bits per heavy atom. The first kappa shape index (κ1) is 18.0. The molecule has 126 valence electrons. The van der Waals surface area contributed by atoms with E-state index in [1.54, 1.807) is 36.4 Å². The number of anilines is 1. The Bertz CT molecular complexity index is 708. The molecule has 0 spiro atoms. The van der Waals surface area contributed by atoms with Gasteiger partial charge in [-0.25, -0.2) is 0 Å². The van der Waals surface area contributed by atoms with Gasteiger partial charge in [0.25, 0.3) is 5.69 Å². The zero-order chi connectivity index (χ0) is 17.5. The molecule has 2 aromatic rings. The number of thiocarbonyl (C=S) groups is 1. The molecular weight excluding hydrogens is 350 g/mol. The fourth-order valence-corrected chi connectivity index (χ4v) is 2.15. The monoisotopic (exact) mass is 365 g/mol. The van der Waals surface area contributed by atoms with E-state index in [4.69, 9.17) is 28.6 Å². The second-order valence-corrected chi connectivity index (χ2v) is 5.78. The van der Waals surface area contributed by atoms with Crippen molar-refractivity contribution in [3.8, 4) is 5.75 Å². The Balaban J connectivity index is 1.79. The van der Waals surface area contributed by atoms with Crippen LogP contribution in [0, 0.1) is 10.1 Å². The van der Waals surface area contributed by atoms with Crippen LogP contribution in [-0.2, 0) is 0 Å². The average molecular weight is 366 g/mol. The zero-order valence-electron chi connectivity index (χ0n) is 12.9. The van der Waals surface area contributed by atoms with Crippen LogP contribution in [0.15, 0.2) is 48.5 Å². The quantitative estimate of drug-likeness (QED) is 0.475. The molecule has 0 aliphatic rings. The molecule has 0 heterocycles. The lowest BCUT2D eigenvalue weighted by Gasteiger charge is -2.21. The first-order valence-corrected chi connectivity index (χ1v) is 7.89. The Hall–Kier alpha value is -2.38. The molecule has 0 bridgehead atoms. The minimum atomic E-state index is -0.442. The Morgan fingerprint density at radius 2 is 1.88 bits per heavy atom. The van der Waals surface area contributed by atoms with E-state index in [0.29, 0.717) is 29.0 Å². The van der Waals surface area contributed by atoms with Crippen molar-refractivity contribution < 1.29 is 9.66 Å². The molecule has 6 nitrogen and oxygen atoms in total. The van der Waals surface area contributed by atoms with Crippen molar-refractivity contribution in [2.24, 2.45) is 0 Å². The van der Waals surface area contributed by atoms with Gasteiger partial charge in [0.1, 0.15) is 12.4 Å². The van der Waals surface area contributed by atoms with Crippen molar-refractivity contribution in [3.05, 3.63) is 63.7 Å². The van der Waals surface area contributed by atoms with E-state index in [2.05, 4.69) is 5.32 Å². The van der Waals surface area contributed by atoms with E-state index < -0.39 is 4.92 Å². The van der Waals surface area contributed by atoms with Crippen LogP contribution in [-0.4, -0.2) is 35.1 Å². The Labute approximate surface area is 150 Å². The maximum atomic E-state index is 10.6. The number of rotatable bonds is 6. The lowest BCUT2D eigenvalue weighted by Crippen LogP contribution is -2.34. The van der Waals surface area contributed by atoms with Crippen molar-refractivity contribution in [2.75, 3.05) is 25.5 Å². The lowest BCUT2D eigenvalue weighted by molar-refractivity contribution is -0.384. The lowest BCUT2D eigenvalue weighted by atomic mass is 10.3. The summed E-state index contributed by atoms with van der Waals surface area (Å²) in [6.45, 7) is 1.04. The number of ether oxygens (including phenoxy) is 1. The van der Waals surface area contributed by atoms with Crippen LogP contribution < -0.4 is 10.1 Å². The van der Waals surface area contributed by atoms with Gasteiger partial charge in [-0.15, -0.1) is 0 Å². The number of likely N-dealkylation sites (N-methyl/N-ethyl adjacent to an activating group) is 1. The number of benzene rings is 2. The molecule has 0 aliphatic heterocycles. The van der Waals surface area contributed by atoms with Crippen molar-refractivity contribution in [2.45, 2.75) is 0 Å². The molecule has 8 heteroatoms. The van der Waals surface area contributed by atoms with Crippen LogP contribution in [0.4, 0.5) is 11.4 Å². The molecule has 0 aromatic heterocycles. The van der Waals surface area contributed by atoms with Gasteiger partial charge in [-0.05, 0) is 48.6 Å². The predicted octanol–water partition coefficient (Wildman–Crippen LogP) is 3.96. The van der Waals surface area contributed by atoms with Crippen LogP contribution in [0.25, 0.3) is 0 Å². The number of hydrogen-bond acceptors (Lipinski definition) is 4. The summed E-state index contributed by atoms with van der Waals surface area (Å²) in [5.74, 6) is 0.738. The summed E-state index contributed by atoms with van der Waals surface area (Å²) >= 11 is 11.1. The molecule has 0 saturated heterocycles. The molecule has 1 N–H and O–H groups in total. The maximum Gasteiger partial charge on any atom is 0.269 e. The number of nitrogens with one attached hydrogen (secondary N) is 1. The van der Waals surface area contributed by atoms with Crippen LogP contribution in [0.3, 0.4) is 0 Å². The highest BCUT2D eigenvalue weighted by Gasteiger charge is 2.07. The van der Waals surface area contributed by atoms with Crippen molar-refractivity contribution in [1.82, 2.24) is 4.90 Å². The smallest absolute Gasteiger partial charge is 0.269 e. The second kappa shape index (κ2) is 8.47. The SMILES string of the molecule is CN(CCOc1ccc(Cl)cc1)C(=S)Nc1ccc([N+](=O)[O-])cc1. The van der Waals surface area contributed by atoms with Crippen LogP contribution >= 0.6 is 23.8 Å². The number of nitro benzene ring substituents is 1. The van der Waals surface area contributed by atoms with Gasteiger partial charge in [0.2, 0.25) is 0 Å². The van der Waals surface area contributed by atoms with E-state index in [1.807, 2.05) is 11.9 Å². The van der Waals surface area contributed by atoms with Gasteiger partial charge in [-0.2, -0.15) is 0 Å². The van der Waals surface area contributed by atoms with E-state index in [9.17, 15) is 10.1 Å². The molecule has 0 atom stereocenters. The zero-order valence-corrected chi connectivity index (χ0v) is 14.5. The second-order valence-electron chi connectivity index (χ2n) is 4.96. The van der Waals surface area contributed by atoms with Crippen LogP contribution in [0.2, 0.25) is 5.02 Å². The summed E-state index contributed by atoms with van der Waals surface area (Å²) in [6.07, 6.45) is 0. The molecule has 0 fully saturated rings. The maximum absolute atomic E-state index is 10.6. The van der Waals surface area contributed by atoms with Crippen molar-refractivity contribution >= 4 is 40.3 Å². The van der Waals surface area contributed by atoms with Gasteiger partial charge in [-0.1, -0.05) is 11.6 Å². The van der Waals surface area contributed by atoms with E-state index in [0.717, 1.165) is 5.75 Å². The number of hydrogen-bond donors (Lipinski definition) is 1. The van der Waals surface area contributed by atoms with E-state index in [-0.39, 0.29) is 5.69 Å². The number of nitro groups is 1. The number of nitrogens with zero attached hydrogens (tertiary/aromatic N) is 2. The summed E-state index contributed by atoms with van der Waals surface area (Å²) in [7, 11) is 1.84. The van der Waals surface area contributed by atoms with Crippen molar-refractivity contribution in [3.63, 3.8) is 0 Å². The van der Waals surface area contributed by atoms with E-state index >= 15 is 0 Å². The molecule has 24 heavy (non-hydrogen) atoms. The van der Waals surface area contributed by atoms with Crippen LogP contribution in [0.1, 0.15) is 0 Å². The van der Waals surface area contributed by atoms with Gasteiger partial charge >= 0.3 is 0 Å². The van der Waals surface area contributed by atoms with Gasteiger partial charge in [0.05, 0.1) is 11.5 Å². The summed E-state index contributed by atoms with van der Waals surface area (Å²) in [5.41, 5.74) is 0.729. The third-order valence-corrected chi connectivity index (χ3v) is 3.85. The highest BCUT2D eigenvalue weighted by Crippen LogP contribution is 2.16. The highest BCUT2D eigenvalue weighted by atomic mass is 35.5. The minimum Gasteiger partial charge on any atom is -0.492 e. The van der Waals surface area contributed by atoms with Gasteiger partial charge in [-0.3, -0.25) is 10.1 Å². The molecule has 0 amide bonds. The molecule has 0 unspecified atom stereocenters. The molecule has 0 aliphatic carbocycles. The normalized spacial score (nSPS) is 10.1. The summed E-state index contributed by atoms with van der Waals surface area (Å²) in [6, 6.07) is 13.2. The number of halogens is 1. The third kappa shape index (κ3) is 5.36. The van der Waals surface area contributed by atoms with Crippen LogP contribution in [0.5, 0.6) is 5.75 Å². The third-order valence-electron chi connectivity index (χ3n) is 3.19. The fourth-order valence-electron chi connectivity index (χ4n) is 1.82. The first-order chi connectivity index (χ1) is 11.5. The Morgan fingerprint density at radius 1 is 1.25 bits per heavy atom. The predicted molar refractivity (Wildman–Crippen MR) is 98.9 cm³/mol.